The first kappa shape index (κ1) is 20.0. The van der Waals surface area contributed by atoms with Gasteiger partial charge in [0.1, 0.15) is 5.56 Å². The van der Waals surface area contributed by atoms with E-state index in [1.54, 1.807) is 38.1 Å². The van der Waals surface area contributed by atoms with Crippen LogP contribution in [0.25, 0.3) is 5.69 Å². The molecule has 2 heterocycles. The first-order chi connectivity index (χ1) is 14.9. The number of carbonyl (C=O) groups excluding carboxylic acids is 4. The van der Waals surface area contributed by atoms with Gasteiger partial charge in [-0.1, -0.05) is 17.2 Å². The van der Waals surface area contributed by atoms with Gasteiger partial charge in [0.2, 0.25) is 0 Å². The number of benzene rings is 2. The van der Waals surface area contributed by atoms with Gasteiger partial charge < -0.3 is 9.57 Å². The van der Waals surface area contributed by atoms with Gasteiger partial charge in [0.25, 0.3) is 11.8 Å². The van der Waals surface area contributed by atoms with Crippen molar-refractivity contribution in [3.8, 4) is 5.69 Å². The van der Waals surface area contributed by atoms with Crippen LogP contribution in [0.5, 0.6) is 0 Å². The molecule has 0 radical (unpaired) electrons. The third kappa shape index (κ3) is 3.46. The fraction of sp³-hybridized carbons (Fsp3) is 0.136. The van der Waals surface area contributed by atoms with Gasteiger partial charge in [0, 0.05) is 0 Å². The minimum absolute atomic E-state index is 0.135. The zero-order chi connectivity index (χ0) is 22.1. The molecule has 0 N–H and O–H groups in total. The molecule has 156 valence electrons. The van der Waals surface area contributed by atoms with Crippen molar-refractivity contribution in [1.82, 2.24) is 14.8 Å². The second kappa shape index (κ2) is 7.86. The molecule has 0 fully saturated rings. The van der Waals surface area contributed by atoms with Crippen LogP contribution in [0.15, 0.2) is 54.7 Å². The summed E-state index contributed by atoms with van der Waals surface area (Å²) in [6.07, 6.45) is 1.41. The van der Waals surface area contributed by atoms with Crippen molar-refractivity contribution >= 4 is 23.8 Å². The molecule has 0 spiro atoms. The number of hydrogen-bond donors (Lipinski definition) is 0. The highest BCUT2D eigenvalue weighted by atomic mass is 16.7. The van der Waals surface area contributed by atoms with Crippen molar-refractivity contribution < 1.29 is 28.8 Å². The zero-order valence-electron chi connectivity index (χ0n) is 16.7. The van der Waals surface area contributed by atoms with E-state index in [1.807, 2.05) is 0 Å². The lowest BCUT2D eigenvalue weighted by Gasteiger charge is -2.13. The monoisotopic (exact) mass is 419 g/mol. The highest BCUT2D eigenvalue weighted by Gasteiger charge is 2.38. The molecular formula is C22H17N3O6. The fourth-order valence-electron chi connectivity index (χ4n) is 3.20. The topological polar surface area (TPSA) is 108 Å². The highest BCUT2D eigenvalue weighted by molar-refractivity contribution is 6.21. The lowest BCUT2D eigenvalue weighted by Crippen LogP contribution is -2.32. The number of carbonyl (C=O) groups is 4. The minimum atomic E-state index is -0.856. The van der Waals surface area contributed by atoms with Crippen LogP contribution in [0.1, 0.15) is 54.0 Å². The van der Waals surface area contributed by atoms with Gasteiger partial charge in [-0.15, -0.1) is 0 Å². The van der Waals surface area contributed by atoms with Gasteiger partial charge in [-0.25, -0.2) is 14.3 Å². The number of amides is 2. The number of nitrogens with zero attached hydrogens (tertiary/aromatic N) is 3. The molecule has 9 heteroatoms. The summed E-state index contributed by atoms with van der Waals surface area (Å²) in [7, 11) is 0. The second-order valence-electron chi connectivity index (χ2n) is 6.65. The van der Waals surface area contributed by atoms with Crippen molar-refractivity contribution in [2.24, 2.45) is 0 Å². The number of ether oxygens (including phenoxy) is 1. The minimum Gasteiger partial charge on any atom is -0.462 e. The molecule has 0 saturated carbocycles. The second-order valence-corrected chi connectivity index (χ2v) is 6.65. The third-order valence-corrected chi connectivity index (χ3v) is 4.78. The molecule has 31 heavy (non-hydrogen) atoms. The number of hydroxylamine groups is 2. The van der Waals surface area contributed by atoms with E-state index in [9.17, 15) is 19.2 Å². The highest BCUT2D eigenvalue weighted by Crippen LogP contribution is 2.23. The van der Waals surface area contributed by atoms with Crippen molar-refractivity contribution in [2.75, 3.05) is 6.61 Å². The van der Waals surface area contributed by atoms with Crippen LogP contribution < -0.4 is 0 Å². The van der Waals surface area contributed by atoms with Crippen LogP contribution >= 0.6 is 0 Å². The number of aromatic nitrogens is 2. The molecule has 9 nitrogen and oxygen atoms in total. The Labute approximate surface area is 176 Å². The number of hydrogen-bond acceptors (Lipinski definition) is 7. The van der Waals surface area contributed by atoms with Gasteiger partial charge >= 0.3 is 11.9 Å². The lowest BCUT2D eigenvalue weighted by atomic mass is 10.1. The number of imide groups is 1. The standard InChI is InChI=1S/C22H17N3O6/c1-3-30-22(29)18-12-23-24(13(18)2)15-10-8-14(9-11-15)21(28)31-25-19(26)16-6-4-5-7-17(16)20(25)27/h4-12H,3H2,1-2H3. The van der Waals surface area contributed by atoms with E-state index in [1.165, 1.54) is 35.1 Å². The van der Waals surface area contributed by atoms with Crippen LogP contribution in [0, 0.1) is 6.92 Å². The Morgan fingerprint density at radius 2 is 1.55 bits per heavy atom. The van der Waals surface area contributed by atoms with Crippen molar-refractivity contribution in [1.29, 1.82) is 0 Å². The van der Waals surface area contributed by atoms with E-state index in [2.05, 4.69) is 5.10 Å². The van der Waals surface area contributed by atoms with Crippen molar-refractivity contribution in [3.63, 3.8) is 0 Å². The van der Waals surface area contributed by atoms with E-state index in [0.717, 1.165) is 0 Å². The van der Waals surface area contributed by atoms with Crippen LogP contribution in [0.2, 0.25) is 0 Å². The molecule has 0 aliphatic carbocycles. The smallest absolute Gasteiger partial charge is 0.363 e. The lowest BCUT2D eigenvalue weighted by molar-refractivity contribution is -0.0584. The van der Waals surface area contributed by atoms with E-state index < -0.39 is 23.8 Å². The van der Waals surface area contributed by atoms with Gasteiger partial charge in [-0.05, 0) is 50.2 Å². The molecule has 1 aromatic heterocycles. The molecular weight excluding hydrogens is 402 g/mol. The average molecular weight is 419 g/mol. The van der Waals surface area contributed by atoms with E-state index >= 15 is 0 Å². The summed E-state index contributed by atoms with van der Waals surface area (Å²) < 4.78 is 6.53. The van der Waals surface area contributed by atoms with Gasteiger partial charge in [0.05, 0.1) is 40.9 Å². The molecule has 2 amide bonds. The molecule has 3 aromatic rings. The van der Waals surface area contributed by atoms with Crippen LogP contribution in [0.4, 0.5) is 0 Å². The average Bonchev–Trinajstić information content (AvgIpc) is 3.27. The quantitative estimate of drug-likeness (QED) is 0.462. The Hall–Kier alpha value is -4.27. The first-order valence-corrected chi connectivity index (χ1v) is 9.44. The summed E-state index contributed by atoms with van der Waals surface area (Å²) in [6.45, 7) is 3.70. The fourth-order valence-corrected chi connectivity index (χ4v) is 3.20. The van der Waals surface area contributed by atoms with Gasteiger partial charge in [-0.3, -0.25) is 9.59 Å². The summed E-state index contributed by atoms with van der Waals surface area (Å²) in [5.41, 5.74) is 2.03. The molecule has 0 atom stereocenters. The van der Waals surface area contributed by atoms with Crippen molar-refractivity contribution in [2.45, 2.75) is 13.8 Å². The summed E-state index contributed by atoms with van der Waals surface area (Å²) in [5, 5.41) is 4.65. The molecule has 2 aromatic carbocycles. The Morgan fingerprint density at radius 3 is 2.13 bits per heavy atom. The van der Waals surface area contributed by atoms with E-state index in [0.29, 0.717) is 22.0 Å². The van der Waals surface area contributed by atoms with Crippen LogP contribution in [-0.4, -0.2) is 45.2 Å². The summed E-state index contributed by atoms with van der Waals surface area (Å²) in [6, 6.07) is 12.4. The summed E-state index contributed by atoms with van der Waals surface area (Å²) >= 11 is 0. The van der Waals surface area contributed by atoms with E-state index in [4.69, 9.17) is 9.57 Å². The van der Waals surface area contributed by atoms with E-state index in [-0.39, 0.29) is 23.3 Å². The Bertz CT molecular complexity index is 1180. The maximum absolute atomic E-state index is 12.5. The normalized spacial score (nSPS) is 12.6. The third-order valence-electron chi connectivity index (χ3n) is 4.78. The predicted molar refractivity (Wildman–Crippen MR) is 107 cm³/mol. The molecule has 0 unspecified atom stereocenters. The Balaban J connectivity index is 1.51. The zero-order valence-corrected chi connectivity index (χ0v) is 16.7. The maximum atomic E-state index is 12.5. The van der Waals surface area contributed by atoms with Gasteiger partial charge in [-0.2, -0.15) is 5.10 Å². The Morgan fingerprint density at radius 1 is 0.935 bits per heavy atom. The van der Waals surface area contributed by atoms with Gasteiger partial charge in [0.15, 0.2) is 0 Å². The van der Waals surface area contributed by atoms with Crippen LogP contribution in [-0.2, 0) is 9.57 Å². The largest absolute Gasteiger partial charge is 0.462 e. The number of fused-ring (bicyclic) bond motifs is 1. The molecule has 1 aliphatic heterocycles. The van der Waals surface area contributed by atoms with Crippen LogP contribution in [0.3, 0.4) is 0 Å². The molecule has 1 aliphatic rings. The van der Waals surface area contributed by atoms with Crippen molar-refractivity contribution in [3.05, 3.63) is 82.7 Å². The first-order valence-electron chi connectivity index (χ1n) is 9.44. The predicted octanol–water partition coefficient (Wildman–Crippen LogP) is 2.73. The SMILES string of the molecule is CCOC(=O)c1cnn(-c2ccc(C(=O)ON3C(=O)c4ccccc4C3=O)cc2)c1C. The summed E-state index contributed by atoms with van der Waals surface area (Å²) in [4.78, 5) is 54.1. The summed E-state index contributed by atoms with van der Waals surface area (Å²) in [5.74, 6) is -2.70. The maximum Gasteiger partial charge on any atom is 0.363 e. The Kier molecular flexibility index (Phi) is 5.08. The molecule has 4 rings (SSSR count). The molecule has 0 saturated heterocycles. The number of esters is 1. The molecule has 0 bridgehead atoms. The number of rotatable bonds is 5.